The Morgan fingerprint density at radius 3 is 2.69 bits per heavy atom. The lowest BCUT2D eigenvalue weighted by Crippen LogP contribution is -2.43. The Hall–Kier alpha value is -3.74. The van der Waals surface area contributed by atoms with Gasteiger partial charge in [-0.3, -0.25) is 9.59 Å². The second-order valence-corrected chi connectivity index (χ2v) is 7.73. The van der Waals surface area contributed by atoms with Gasteiger partial charge in [0.1, 0.15) is 11.4 Å². The number of ether oxygens (including phenoxy) is 1. The molecule has 1 fully saturated rings. The maximum absolute atomic E-state index is 13.2. The molecule has 0 radical (unpaired) electrons. The molecule has 0 spiro atoms. The minimum Gasteiger partial charge on any atom is -0.480 e. The van der Waals surface area contributed by atoms with E-state index >= 15 is 0 Å². The van der Waals surface area contributed by atoms with Gasteiger partial charge in [0.05, 0.1) is 13.0 Å². The maximum Gasteiger partial charge on any atom is 0.259 e. The summed E-state index contributed by atoms with van der Waals surface area (Å²) in [4.78, 5) is 31.7. The molecule has 1 aliphatic heterocycles. The minimum atomic E-state index is -0.315. The summed E-state index contributed by atoms with van der Waals surface area (Å²) < 4.78 is 18.4. The van der Waals surface area contributed by atoms with Crippen molar-refractivity contribution in [2.24, 2.45) is 5.92 Å². The van der Waals surface area contributed by atoms with Crippen LogP contribution in [0.3, 0.4) is 0 Å². The van der Waals surface area contributed by atoms with E-state index in [2.05, 4.69) is 10.3 Å². The summed E-state index contributed by atoms with van der Waals surface area (Å²) in [7, 11) is 1.48. The summed E-state index contributed by atoms with van der Waals surface area (Å²) in [6.45, 7) is 0.918. The normalized spacial score (nSPS) is 15.8. The molecule has 0 saturated carbocycles. The first kappa shape index (κ1) is 21.5. The minimum absolute atomic E-state index is 0.128. The summed E-state index contributed by atoms with van der Waals surface area (Å²) in [5.74, 6) is -0.646. The van der Waals surface area contributed by atoms with Crippen LogP contribution in [0.2, 0.25) is 0 Å². The topological polar surface area (TPSA) is 71.5 Å². The molecule has 0 bridgehead atoms. The number of hydrogen-bond donors (Lipinski definition) is 1. The van der Waals surface area contributed by atoms with Crippen LogP contribution in [0.4, 0.5) is 10.1 Å². The molecule has 0 unspecified atom stereocenters. The molecule has 2 amide bonds. The first-order valence-corrected chi connectivity index (χ1v) is 10.5. The first-order chi connectivity index (χ1) is 15.5. The van der Waals surface area contributed by atoms with Gasteiger partial charge in [0.15, 0.2) is 0 Å². The van der Waals surface area contributed by atoms with Crippen molar-refractivity contribution >= 4 is 17.5 Å². The number of aromatic nitrogens is 1. The average Bonchev–Trinajstić information content (AvgIpc) is 2.84. The quantitative estimate of drug-likeness (QED) is 0.648. The van der Waals surface area contributed by atoms with Crippen LogP contribution >= 0.6 is 0 Å². The summed E-state index contributed by atoms with van der Waals surface area (Å²) >= 11 is 0. The molecule has 1 aromatic heterocycles. The van der Waals surface area contributed by atoms with Crippen molar-refractivity contribution in [3.05, 3.63) is 78.2 Å². The monoisotopic (exact) mass is 433 g/mol. The molecular weight excluding hydrogens is 409 g/mol. The van der Waals surface area contributed by atoms with E-state index in [0.717, 1.165) is 17.5 Å². The van der Waals surface area contributed by atoms with Crippen molar-refractivity contribution in [2.75, 3.05) is 25.5 Å². The number of carbonyl (C=O) groups excluding carboxylic acids is 2. The number of hydrogen-bond acceptors (Lipinski definition) is 4. The van der Waals surface area contributed by atoms with Crippen LogP contribution in [0.1, 0.15) is 23.2 Å². The van der Waals surface area contributed by atoms with E-state index in [4.69, 9.17) is 4.74 Å². The van der Waals surface area contributed by atoms with E-state index in [1.807, 2.05) is 24.3 Å². The molecular formula is C25H24FN3O3. The average molecular weight is 433 g/mol. The zero-order chi connectivity index (χ0) is 22.5. The predicted octanol–water partition coefficient (Wildman–Crippen LogP) is 4.39. The van der Waals surface area contributed by atoms with Gasteiger partial charge in [-0.05, 0) is 60.4 Å². The molecule has 1 N–H and O–H groups in total. The molecule has 7 heteroatoms. The van der Waals surface area contributed by atoms with Gasteiger partial charge >= 0.3 is 0 Å². The lowest BCUT2D eigenvalue weighted by molar-refractivity contribution is -0.121. The molecule has 32 heavy (non-hydrogen) atoms. The summed E-state index contributed by atoms with van der Waals surface area (Å²) in [5, 5.41) is 2.97. The van der Waals surface area contributed by atoms with Crippen molar-refractivity contribution in [3.8, 4) is 17.0 Å². The third-order valence-electron chi connectivity index (χ3n) is 5.58. The Labute approximate surface area is 186 Å². The first-order valence-electron chi connectivity index (χ1n) is 10.5. The second-order valence-electron chi connectivity index (χ2n) is 7.73. The van der Waals surface area contributed by atoms with Crippen LogP contribution in [0.25, 0.3) is 11.1 Å². The van der Waals surface area contributed by atoms with Gasteiger partial charge in [0.25, 0.3) is 5.91 Å². The number of carbonyl (C=O) groups is 2. The largest absolute Gasteiger partial charge is 0.480 e. The van der Waals surface area contributed by atoms with E-state index < -0.39 is 0 Å². The third-order valence-corrected chi connectivity index (χ3v) is 5.58. The van der Waals surface area contributed by atoms with Gasteiger partial charge in [0.2, 0.25) is 11.8 Å². The number of anilines is 1. The fourth-order valence-electron chi connectivity index (χ4n) is 3.93. The third kappa shape index (κ3) is 4.77. The highest BCUT2D eigenvalue weighted by Gasteiger charge is 2.30. The van der Waals surface area contributed by atoms with Crippen molar-refractivity contribution in [1.82, 2.24) is 9.88 Å². The summed E-state index contributed by atoms with van der Waals surface area (Å²) in [5.41, 5.74) is 2.80. The zero-order valence-corrected chi connectivity index (χ0v) is 17.8. The Balaban J connectivity index is 1.44. The van der Waals surface area contributed by atoms with Crippen molar-refractivity contribution in [3.63, 3.8) is 0 Å². The number of nitrogens with zero attached hydrogens (tertiary/aromatic N) is 2. The van der Waals surface area contributed by atoms with Crippen LogP contribution in [-0.2, 0) is 4.79 Å². The van der Waals surface area contributed by atoms with E-state index in [0.29, 0.717) is 30.8 Å². The van der Waals surface area contributed by atoms with E-state index in [9.17, 15) is 14.0 Å². The molecule has 0 aliphatic carbocycles. The van der Waals surface area contributed by atoms with E-state index in [1.54, 1.807) is 35.4 Å². The van der Waals surface area contributed by atoms with Gasteiger partial charge in [-0.15, -0.1) is 0 Å². The smallest absolute Gasteiger partial charge is 0.259 e. The number of amides is 2. The Bertz CT molecular complexity index is 1120. The number of nitrogens with one attached hydrogen (secondary N) is 1. The number of benzene rings is 2. The Morgan fingerprint density at radius 1 is 1.09 bits per heavy atom. The van der Waals surface area contributed by atoms with Gasteiger partial charge < -0.3 is 15.0 Å². The maximum atomic E-state index is 13.2. The van der Waals surface area contributed by atoms with Crippen molar-refractivity contribution in [2.45, 2.75) is 12.8 Å². The molecule has 1 aliphatic rings. The standard InChI is InChI=1S/C25H24FN3O3/c1-32-24-22(8-3-13-27-24)25(31)29-14-4-6-19(16-29)23(30)28-21-7-2-5-18(15-21)17-9-11-20(26)12-10-17/h2-3,5,7-13,15,19H,4,6,14,16H2,1H3,(H,28,30)/t19-/m0/s1. The molecule has 2 heterocycles. The SMILES string of the molecule is COc1ncccc1C(=O)N1CCC[C@H](C(=O)Nc2cccc(-c3ccc(F)cc3)c2)C1. The van der Waals surface area contributed by atoms with E-state index in [1.165, 1.54) is 19.2 Å². The summed E-state index contributed by atoms with van der Waals surface area (Å²) in [6.07, 6.45) is 3.02. The fraction of sp³-hybridized carbons (Fsp3) is 0.240. The van der Waals surface area contributed by atoms with Gasteiger partial charge in [-0.25, -0.2) is 9.37 Å². The predicted molar refractivity (Wildman–Crippen MR) is 120 cm³/mol. The summed E-state index contributed by atoms with van der Waals surface area (Å²) in [6, 6.07) is 17.0. The van der Waals surface area contributed by atoms with Crippen LogP contribution in [0, 0.1) is 11.7 Å². The lowest BCUT2D eigenvalue weighted by Gasteiger charge is -2.32. The highest BCUT2D eigenvalue weighted by Crippen LogP contribution is 2.26. The highest BCUT2D eigenvalue weighted by molar-refractivity contribution is 5.98. The lowest BCUT2D eigenvalue weighted by atomic mass is 9.96. The van der Waals surface area contributed by atoms with Gasteiger partial charge in [-0.2, -0.15) is 0 Å². The van der Waals surface area contributed by atoms with Gasteiger partial charge in [0, 0.05) is 25.0 Å². The number of likely N-dealkylation sites (tertiary alicyclic amines) is 1. The molecule has 1 atom stereocenters. The van der Waals surface area contributed by atoms with Gasteiger partial charge in [-0.1, -0.05) is 24.3 Å². The van der Waals surface area contributed by atoms with Crippen molar-refractivity contribution in [1.29, 1.82) is 0 Å². The molecule has 164 valence electrons. The zero-order valence-electron chi connectivity index (χ0n) is 17.8. The van der Waals surface area contributed by atoms with E-state index in [-0.39, 0.29) is 29.4 Å². The number of piperidine rings is 1. The number of methoxy groups -OCH3 is 1. The second kappa shape index (κ2) is 9.60. The number of rotatable bonds is 5. The molecule has 3 aromatic rings. The molecule has 4 rings (SSSR count). The highest BCUT2D eigenvalue weighted by atomic mass is 19.1. The Morgan fingerprint density at radius 2 is 1.91 bits per heavy atom. The number of pyridine rings is 1. The fourth-order valence-corrected chi connectivity index (χ4v) is 3.93. The molecule has 2 aromatic carbocycles. The molecule has 1 saturated heterocycles. The number of halogens is 1. The van der Waals surface area contributed by atoms with Crippen molar-refractivity contribution < 1.29 is 18.7 Å². The molecule has 6 nitrogen and oxygen atoms in total. The van der Waals surface area contributed by atoms with Crippen LogP contribution in [-0.4, -0.2) is 41.9 Å². The van der Waals surface area contributed by atoms with Crippen LogP contribution in [0.15, 0.2) is 66.9 Å². The van der Waals surface area contributed by atoms with Crippen LogP contribution in [0.5, 0.6) is 5.88 Å². The van der Waals surface area contributed by atoms with Crippen LogP contribution < -0.4 is 10.1 Å². The Kier molecular flexibility index (Phi) is 6.44.